The van der Waals surface area contributed by atoms with Crippen LogP contribution in [-0.2, 0) is 4.79 Å². The normalized spacial score (nSPS) is 22.1. The first-order valence-corrected chi connectivity index (χ1v) is 3.74. The quantitative estimate of drug-likeness (QED) is 0.573. The highest BCUT2D eigenvalue weighted by molar-refractivity contribution is 5.89. The summed E-state index contributed by atoms with van der Waals surface area (Å²) in [7, 11) is 1.83. The maximum atomic E-state index is 11.0. The van der Waals surface area contributed by atoms with Gasteiger partial charge in [0.1, 0.15) is 0 Å². The molecule has 2 N–H and O–H groups in total. The van der Waals surface area contributed by atoms with Gasteiger partial charge in [0.25, 0.3) is 0 Å². The third-order valence-electron chi connectivity index (χ3n) is 1.72. The van der Waals surface area contributed by atoms with Gasteiger partial charge >= 0.3 is 0 Å². The average molecular weight is 154 g/mol. The molecule has 3 heteroatoms. The average Bonchev–Trinajstić information content (AvgIpc) is 1.83. The predicted molar refractivity (Wildman–Crippen MR) is 44.0 cm³/mol. The summed E-state index contributed by atoms with van der Waals surface area (Å²) in [6, 6.07) is 0. The van der Waals surface area contributed by atoms with Crippen LogP contribution in [0.15, 0.2) is 11.8 Å². The summed E-state index contributed by atoms with van der Waals surface area (Å²) in [4.78, 5) is 11.0. The molecule has 0 aromatic rings. The van der Waals surface area contributed by atoms with Gasteiger partial charge in [-0.3, -0.25) is 4.79 Å². The standard InChI is InChI=1S/C8H14N2O/c1-8(2)5-6(9-3)4-7(11)10-8/h4,9H,5H2,1-3H3,(H,10,11). The lowest BCUT2D eigenvalue weighted by Gasteiger charge is -2.30. The number of nitrogens with one attached hydrogen (secondary N) is 2. The van der Waals surface area contributed by atoms with Crippen molar-refractivity contribution in [3.8, 4) is 0 Å². The van der Waals surface area contributed by atoms with Crippen molar-refractivity contribution in [3.63, 3.8) is 0 Å². The van der Waals surface area contributed by atoms with Gasteiger partial charge in [-0.15, -0.1) is 0 Å². The molecular formula is C8H14N2O. The first-order valence-electron chi connectivity index (χ1n) is 3.74. The number of hydrogen-bond donors (Lipinski definition) is 2. The molecule has 3 nitrogen and oxygen atoms in total. The fraction of sp³-hybridized carbons (Fsp3) is 0.625. The van der Waals surface area contributed by atoms with Gasteiger partial charge in [-0.05, 0) is 13.8 Å². The van der Waals surface area contributed by atoms with Crippen molar-refractivity contribution >= 4 is 5.91 Å². The van der Waals surface area contributed by atoms with Crippen LogP contribution in [0, 0.1) is 0 Å². The number of amides is 1. The highest BCUT2D eigenvalue weighted by Crippen LogP contribution is 2.17. The fourth-order valence-corrected chi connectivity index (χ4v) is 1.26. The van der Waals surface area contributed by atoms with Crippen LogP contribution in [-0.4, -0.2) is 18.5 Å². The summed E-state index contributed by atoms with van der Waals surface area (Å²) in [5, 5.41) is 5.85. The third kappa shape index (κ3) is 1.97. The van der Waals surface area contributed by atoms with Crippen LogP contribution in [0.25, 0.3) is 0 Å². The predicted octanol–water partition coefficient (Wildman–Crippen LogP) is 0.388. The van der Waals surface area contributed by atoms with Gasteiger partial charge in [-0.1, -0.05) is 0 Å². The second-order valence-electron chi connectivity index (χ2n) is 3.47. The number of carbonyl (C=O) groups is 1. The van der Waals surface area contributed by atoms with E-state index in [-0.39, 0.29) is 11.4 Å². The van der Waals surface area contributed by atoms with Gasteiger partial charge in [0.2, 0.25) is 5.91 Å². The van der Waals surface area contributed by atoms with Crippen molar-refractivity contribution in [2.75, 3.05) is 7.05 Å². The SMILES string of the molecule is CNC1=CC(=O)NC(C)(C)C1. The third-order valence-corrected chi connectivity index (χ3v) is 1.72. The Morgan fingerprint density at radius 2 is 2.27 bits per heavy atom. The van der Waals surface area contributed by atoms with Gasteiger partial charge in [0, 0.05) is 30.8 Å². The van der Waals surface area contributed by atoms with E-state index in [1.165, 1.54) is 0 Å². The Labute approximate surface area is 66.9 Å². The minimum absolute atomic E-state index is 0.00870. The topological polar surface area (TPSA) is 41.1 Å². The highest BCUT2D eigenvalue weighted by Gasteiger charge is 2.25. The summed E-state index contributed by atoms with van der Waals surface area (Å²) >= 11 is 0. The Balaban J connectivity index is 2.78. The zero-order valence-electron chi connectivity index (χ0n) is 7.19. The van der Waals surface area contributed by atoms with E-state index in [4.69, 9.17) is 0 Å². The van der Waals surface area contributed by atoms with E-state index in [0.29, 0.717) is 0 Å². The van der Waals surface area contributed by atoms with Crippen molar-refractivity contribution in [2.24, 2.45) is 0 Å². The summed E-state index contributed by atoms with van der Waals surface area (Å²) in [6.07, 6.45) is 2.47. The molecule has 0 bridgehead atoms. The van der Waals surface area contributed by atoms with E-state index >= 15 is 0 Å². The minimum atomic E-state index is -0.107. The van der Waals surface area contributed by atoms with Crippen LogP contribution in [0.5, 0.6) is 0 Å². The first-order chi connectivity index (χ1) is 5.03. The molecule has 1 rings (SSSR count). The second-order valence-corrected chi connectivity index (χ2v) is 3.47. The lowest BCUT2D eigenvalue weighted by atomic mass is 9.95. The molecule has 1 aliphatic heterocycles. The van der Waals surface area contributed by atoms with E-state index in [2.05, 4.69) is 10.6 Å². The zero-order chi connectivity index (χ0) is 8.48. The summed E-state index contributed by atoms with van der Waals surface area (Å²) in [6.45, 7) is 4.02. The van der Waals surface area contributed by atoms with Crippen molar-refractivity contribution in [3.05, 3.63) is 11.8 Å². The van der Waals surface area contributed by atoms with Crippen molar-refractivity contribution in [2.45, 2.75) is 25.8 Å². The van der Waals surface area contributed by atoms with Crippen molar-refractivity contribution < 1.29 is 4.79 Å². The van der Waals surface area contributed by atoms with Crippen LogP contribution in [0.3, 0.4) is 0 Å². The van der Waals surface area contributed by atoms with E-state index in [1.54, 1.807) is 6.08 Å². The zero-order valence-corrected chi connectivity index (χ0v) is 7.19. The monoisotopic (exact) mass is 154 g/mol. The van der Waals surface area contributed by atoms with Crippen LogP contribution >= 0.6 is 0 Å². The molecule has 62 valence electrons. The molecular weight excluding hydrogens is 140 g/mol. The fourth-order valence-electron chi connectivity index (χ4n) is 1.26. The summed E-state index contributed by atoms with van der Waals surface area (Å²) < 4.78 is 0. The van der Waals surface area contributed by atoms with Crippen LogP contribution in [0.4, 0.5) is 0 Å². The lowest BCUT2D eigenvalue weighted by molar-refractivity contribution is -0.118. The van der Waals surface area contributed by atoms with Gasteiger partial charge < -0.3 is 10.6 Å². The summed E-state index contributed by atoms with van der Waals surface area (Å²) in [5.41, 5.74) is 0.892. The molecule has 0 aromatic carbocycles. The molecule has 0 saturated carbocycles. The van der Waals surface area contributed by atoms with Crippen LogP contribution < -0.4 is 10.6 Å². The maximum absolute atomic E-state index is 11.0. The second kappa shape index (κ2) is 2.57. The molecule has 1 amide bonds. The number of carbonyl (C=O) groups excluding carboxylic acids is 1. The molecule has 0 atom stereocenters. The molecule has 0 aromatic heterocycles. The molecule has 0 radical (unpaired) electrons. The Morgan fingerprint density at radius 1 is 1.64 bits per heavy atom. The van der Waals surface area contributed by atoms with Gasteiger partial charge in [0.05, 0.1) is 0 Å². The Kier molecular flexibility index (Phi) is 1.89. The molecule has 0 spiro atoms. The molecule has 1 aliphatic rings. The van der Waals surface area contributed by atoms with E-state index in [1.807, 2.05) is 20.9 Å². The van der Waals surface area contributed by atoms with Crippen LogP contribution in [0.1, 0.15) is 20.3 Å². The molecule has 1 heterocycles. The molecule has 0 fully saturated rings. The van der Waals surface area contributed by atoms with Gasteiger partial charge in [-0.2, -0.15) is 0 Å². The molecule has 0 saturated heterocycles. The van der Waals surface area contributed by atoms with E-state index < -0.39 is 0 Å². The van der Waals surface area contributed by atoms with Crippen LogP contribution in [0.2, 0.25) is 0 Å². The molecule has 11 heavy (non-hydrogen) atoms. The molecule has 0 aliphatic carbocycles. The first kappa shape index (κ1) is 8.11. The number of hydrogen-bond acceptors (Lipinski definition) is 2. The number of rotatable bonds is 1. The lowest BCUT2D eigenvalue weighted by Crippen LogP contribution is -2.47. The van der Waals surface area contributed by atoms with Crippen molar-refractivity contribution in [1.29, 1.82) is 0 Å². The Hall–Kier alpha value is -0.990. The Morgan fingerprint density at radius 3 is 2.73 bits per heavy atom. The largest absolute Gasteiger partial charge is 0.391 e. The highest BCUT2D eigenvalue weighted by atomic mass is 16.1. The van der Waals surface area contributed by atoms with Gasteiger partial charge in [0.15, 0.2) is 0 Å². The maximum Gasteiger partial charge on any atom is 0.246 e. The summed E-state index contributed by atoms with van der Waals surface area (Å²) in [5.74, 6) is -0.00870. The van der Waals surface area contributed by atoms with Gasteiger partial charge in [-0.25, -0.2) is 0 Å². The van der Waals surface area contributed by atoms with E-state index in [0.717, 1.165) is 12.1 Å². The molecule has 0 unspecified atom stereocenters. The van der Waals surface area contributed by atoms with Crippen molar-refractivity contribution in [1.82, 2.24) is 10.6 Å². The van der Waals surface area contributed by atoms with E-state index in [9.17, 15) is 4.79 Å². The smallest absolute Gasteiger partial charge is 0.246 e. The minimum Gasteiger partial charge on any atom is -0.391 e. The Bertz CT molecular complexity index is 206.